The number of hydrogen-bond donors (Lipinski definition) is 1. The number of anilines is 1. The van der Waals surface area contributed by atoms with Gasteiger partial charge in [-0.3, -0.25) is 4.79 Å². The van der Waals surface area contributed by atoms with Gasteiger partial charge in [-0.1, -0.05) is 6.92 Å². The van der Waals surface area contributed by atoms with Gasteiger partial charge in [0.1, 0.15) is 5.60 Å². The molecular weight excluding hydrogens is 268 g/mol. The first-order valence-electron chi connectivity index (χ1n) is 7.48. The maximum Gasteiger partial charge on any atom is 0.256 e. The third-order valence-electron chi connectivity index (χ3n) is 3.93. The van der Waals surface area contributed by atoms with Crippen LogP contribution in [0.3, 0.4) is 0 Å². The first-order chi connectivity index (χ1) is 10.0. The third-order valence-corrected chi connectivity index (χ3v) is 3.93. The molecule has 0 aliphatic heterocycles. The second-order valence-corrected chi connectivity index (χ2v) is 5.67. The van der Waals surface area contributed by atoms with Crippen LogP contribution in [0.25, 0.3) is 0 Å². The predicted octanol–water partition coefficient (Wildman–Crippen LogP) is 2.93. The summed E-state index contributed by atoms with van der Waals surface area (Å²) in [5.41, 5.74) is 0.687. The standard InChI is InChI=1S/C16H24N2O3/c1-5-10-21-16(3,12-6-7-12)15(19)18-13-8-9-14(20-4)17-11(13)2/h8-9,12H,5-7,10H2,1-4H3,(H,18,19). The van der Waals surface area contributed by atoms with Crippen molar-refractivity contribution in [1.82, 2.24) is 4.98 Å². The van der Waals surface area contributed by atoms with E-state index < -0.39 is 5.60 Å². The maximum absolute atomic E-state index is 12.6. The average Bonchev–Trinajstić information content (AvgIpc) is 3.31. The summed E-state index contributed by atoms with van der Waals surface area (Å²) in [6, 6.07) is 3.55. The molecule has 1 fully saturated rings. The molecule has 1 saturated carbocycles. The zero-order valence-corrected chi connectivity index (χ0v) is 13.2. The highest BCUT2D eigenvalue weighted by Crippen LogP contribution is 2.42. The van der Waals surface area contributed by atoms with Crippen molar-refractivity contribution in [2.75, 3.05) is 19.0 Å². The quantitative estimate of drug-likeness (QED) is 0.839. The molecule has 1 aromatic heterocycles. The summed E-state index contributed by atoms with van der Waals surface area (Å²) in [4.78, 5) is 16.9. The number of amides is 1. The fraction of sp³-hybridized carbons (Fsp3) is 0.625. The number of nitrogens with zero attached hydrogens (tertiary/aromatic N) is 1. The van der Waals surface area contributed by atoms with E-state index in [1.54, 1.807) is 13.2 Å². The van der Waals surface area contributed by atoms with Gasteiger partial charge in [0.25, 0.3) is 5.91 Å². The molecule has 1 N–H and O–H groups in total. The summed E-state index contributed by atoms with van der Waals surface area (Å²) in [5, 5.41) is 2.95. The Hall–Kier alpha value is -1.62. The molecule has 0 spiro atoms. The number of carbonyl (C=O) groups excluding carboxylic acids is 1. The number of aromatic nitrogens is 1. The summed E-state index contributed by atoms with van der Waals surface area (Å²) >= 11 is 0. The SMILES string of the molecule is CCCOC(C)(C(=O)Nc1ccc(OC)nc1C)C1CC1. The normalized spacial score (nSPS) is 17.1. The van der Waals surface area contributed by atoms with Gasteiger partial charge >= 0.3 is 0 Å². The molecule has 5 nitrogen and oxygen atoms in total. The highest BCUT2D eigenvalue weighted by atomic mass is 16.5. The largest absolute Gasteiger partial charge is 0.481 e. The lowest BCUT2D eigenvalue weighted by atomic mass is 9.98. The molecule has 2 rings (SSSR count). The Labute approximate surface area is 126 Å². The van der Waals surface area contributed by atoms with Crippen molar-refractivity contribution in [3.05, 3.63) is 17.8 Å². The molecule has 21 heavy (non-hydrogen) atoms. The number of pyridine rings is 1. The molecule has 1 aliphatic carbocycles. The van der Waals surface area contributed by atoms with Gasteiger partial charge in [-0.25, -0.2) is 4.98 Å². The molecule has 0 radical (unpaired) electrons. The fourth-order valence-electron chi connectivity index (χ4n) is 2.35. The Balaban J connectivity index is 2.11. The summed E-state index contributed by atoms with van der Waals surface area (Å²) in [6.45, 7) is 6.38. The first kappa shape index (κ1) is 15.8. The van der Waals surface area contributed by atoms with E-state index in [2.05, 4.69) is 10.3 Å². The molecule has 0 aromatic carbocycles. The van der Waals surface area contributed by atoms with Gasteiger partial charge in [-0.05, 0) is 45.1 Å². The highest BCUT2D eigenvalue weighted by Gasteiger charge is 2.48. The van der Waals surface area contributed by atoms with Crippen molar-refractivity contribution < 1.29 is 14.3 Å². The molecule has 1 heterocycles. The maximum atomic E-state index is 12.6. The van der Waals surface area contributed by atoms with E-state index in [9.17, 15) is 4.79 Å². The number of aryl methyl sites for hydroxylation is 1. The van der Waals surface area contributed by atoms with Crippen LogP contribution in [0.1, 0.15) is 38.8 Å². The lowest BCUT2D eigenvalue weighted by Gasteiger charge is -2.29. The Morgan fingerprint density at radius 3 is 2.71 bits per heavy atom. The van der Waals surface area contributed by atoms with Gasteiger partial charge < -0.3 is 14.8 Å². The van der Waals surface area contributed by atoms with Crippen molar-refractivity contribution >= 4 is 11.6 Å². The lowest BCUT2D eigenvalue weighted by Crippen LogP contribution is -2.45. The lowest BCUT2D eigenvalue weighted by molar-refractivity contribution is -0.142. The Kier molecular flexibility index (Phi) is 4.83. The van der Waals surface area contributed by atoms with Crippen LogP contribution in [0, 0.1) is 12.8 Å². The van der Waals surface area contributed by atoms with E-state index in [4.69, 9.17) is 9.47 Å². The number of methoxy groups -OCH3 is 1. The monoisotopic (exact) mass is 292 g/mol. The molecule has 1 amide bonds. The molecule has 1 aliphatic rings. The Bertz CT molecular complexity index is 514. The minimum Gasteiger partial charge on any atom is -0.481 e. The molecule has 1 atom stereocenters. The zero-order chi connectivity index (χ0) is 15.5. The minimum absolute atomic E-state index is 0.0893. The fourth-order valence-corrected chi connectivity index (χ4v) is 2.35. The number of ether oxygens (including phenoxy) is 2. The Morgan fingerprint density at radius 1 is 1.48 bits per heavy atom. The van der Waals surface area contributed by atoms with E-state index in [0.717, 1.165) is 25.0 Å². The van der Waals surface area contributed by atoms with Crippen LogP contribution in [0.4, 0.5) is 5.69 Å². The highest BCUT2D eigenvalue weighted by molar-refractivity contribution is 5.98. The number of rotatable bonds is 7. The second-order valence-electron chi connectivity index (χ2n) is 5.67. The van der Waals surface area contributed by atoms with E-state index in [1.165, 1.54) is 0 Å². The van der Waals surface area contributed by atoms with E-state index >= 15 is 0 Å². The van der Waals surface area contributed by atoms with Crippen LogP contribution in [-0.2, 0) is 9.53 Å². The van der Waals surface area contributed by atoms with Crippen LogP contribution in [0.2, 0.25) is 0 Å². The summed E-state index contributed by atoms with van der Waals surface area (Å²) in [5.74, 6) is 0.766. The molecule has 0 saturated heterocycles. The molecule has 0 bridgehead atoms. The first-order valence-corrected chi connectivity index (χ1v) is 7.48. The van der Waals surface area contributed by atoms with Crippen LogP contribution in [0.5, 0.6) is 5.88 Å². The van der Waals surface area contributed by atoms with Gasteiger partial charge in [0, 0.05) is 12.7 Å². The van der Waals surface area contributed by atoms with Gasteiger partial charge in [0.15, 0.2) is 0 Å². The van der Waals surface area contributed by atoms with Gasteiger partial charge in [-0.15, -0.1) is 0 Å². The average molecular weight is 292 g/mol. The predicted molar refractivity (Wildman–Crippen MR) is 81.5 cm³/mol. The Morgan fingerprint density at radius 2 is 2.19 bits per heavy atom. The van der Waals surface area contributed by atoms with Crippen molar-refractivity contribution in [1.29, 1.82) is 0 Å². The second kappa shape index (κ2) is 6.43. The van der Waals surface area contributed by atoms with E-state index in [-0.39, 0.29) is 5.91 Å². The van der Waals surface area contributed by atoms with Crippen molar-refractivity contribution in [2.45, 2.75) is 45.6 Å². The molecule has 1 aromatic rings. The topological polar surface area (TPSA) is 60.5 Å². The van der Waals surface area contributed by atoms with Crippen molar-refractivity contribution in [2.24, 2.45) is 5.92 Å². The van der Waals surface area contributed by atoms with E-state index in [1.807, 2.05) is 26.8 Å². The number of carbonyl (C=O) groups is 1. The molecule has 1 unspecified atom stereocenters. The van der Waals surface area contributed by atoms with Crippen LogP contribution >= 0.6 is 0 Å². The number of nitrogens with one attached hydrogen (secondary N) is 1. The zero-order valence-electron chi connectivity index (χ0n) is 13.2. The summed E-state index contributed by atoms with van der Waals surface area (Å²) in [6.07, 6.45) is 3.00. The summed E-state index contributed by atoms with van der Waals surface area (Å²) in [7, 11) is 1.57. The van der Waals surface area contributed by atoms with Crippen LogP contribution < -0.4 is 10.1 Å². The third kappa shape index (κ3) is 3.53. The molecule has 116 valence electrons. The smallest absolute Gasteiger partial charge is 0.256 e. The van der Waals surface area contributed by atoms with Crippen LogP contribution in [0.15, 0.2) is 12.1 Å². The summed E-state index contributed by atoms with van der Waals surface area (Å²) < 4.78 is 10.9. The molecular formula is C16H24N2O3. The van der Waals surface area contributed by atoms with Crippen molar-refractivity contribution in [3.8, 4) is 5.88 Å². The van der Waals surface area contributed by atoms with E-state index in [0.29, 0.717) is 24.1 Å². The van der Waals surface area contributed by atoms with Gasteiger partial charge in [0.2, 0.25) is 5.88 Å². The molecule has 5 heteroatoms. The number of hydrogen-bond acceptors (Lipinski definition) is 4. The van der Waals surface area contributed by atoms with Gasteiger partial charge in [-0.2, -0.15) is 0 Å². The minimum atomic E-state index is -0.748. The van der Waals surface area contributed by atoms with Crippen LogP contribution in [-0.4, -0.2) is 30.2 Å². The van der Waals surface area contributed by atoms with Gasteiger partial charge in [0.05, 0.1) is 18.5 Å². The van der Waals surface area contributed by atoms with Crippen molar-refractivity contribution in [3.63, 3.8) is 0 Å².